The van der Waals surface area contributed by atoms with Gasteiger partial charge in [0, 0.05) is 13.1 Å². The summed E-state index contributed by atoms with van der Waals surface area (Å²) in [5.74, 6) is 0.0453. The Morgan fingerprint density at radius 2 is 1.62 bits per heavy atom. The highest BCUT2D eigenvalue weighted by Crippen LogP contribution is 2.28. The Labute approximate surface area is 200 Å². The van der Waals surface area contributed by atoms with Crippen molar-refractivity contribution >= 4 is 15.9 Å². The quantitative estimate of drug-likeness (QED) is 0.559. The highest BCUT2D eigenvalue weighted by atomic mass is 32.2. The minimum atomic E-state index is -3.98. The summed E-state index contributed by atoms with van der Waals surface area (Å²) < 4.78 is 40.5. The van der Waals surface area contributed by atoms with Gasteiger partial charge >= 0.3 is 0 Å². The molecule has 1 N–H and O–H groups in total. The third-order valence-electron chi connectivity index (χ3n) is 5.83. The number of benzene rings is 3. The summed E-state index contributed by atoms with van der Waals surface area (Å²) in [6.07, 6.45) is 0. The van der Waals surface area contributed by atoms with Gasteiger partial charge in [0.05, 0.1) is 36.8 Å². The predicted molar refractivity (Wildman–Crippen MR) is 130 cm³/mol. The maximum Gasteiger partial charge on any atom is 0.257 e. The van der Waals surface area contributed by atoms with E-state index >= 15 is 0 Å². The lowest BCUT2D eigenvalue weighted by Crippen LogP contribution is -2.41. The van der Waals surface area contributed by atoms with Crippen LogP contribution in [0.5, 0.6) is 5.75 Å². The Bertz CT molecular complexity index is 1240. The van der Waals surface area contributed by atoms with Gasteiger partial charge in [0.25, 0.3) is 5.91 Å². The lowest BCUT2D eigenvalue weighted by molar-refractivity contribution is 0.0300. The van der Waals surface area contributed by atoms with Gasteiger partial charge in [-0.05, 0) is 36.2 Å². The number of carbonyl (C=O) groups is 1. The van der Waals surface area contributed by atoms with Crippen molar-refractivity contribution in [3.05, 3.63) is 95.1 Å². The van der Waals surface area contributed by atoms with Crippen molar-refractivity contribution in [3.63, 3.8) is 0 Å². The number of hydrogen-bond donors (Lipinski definition) is 1. The number of sulfonamides is 1. The molecule has 1 atom stereocenters. The fourth-order valence-corrected chi connectivity index (χ4v) is 5.15. The Hall–Kier alpha value is -3.20. The van der Waals surface area contributed by atoms with Gasteiger partial charge in [0.1, 0.15) is 5.75 Å². The standard InChI is InChI=1S/C26H28N2O5S/c1-19-8-10-21(11-9-19)25(20-6-4-3-5-7-20)27-34(30,31)22-12-13-24(32-2)23(18-22)26(29)28-14-16-33-17-15-28/h3-13,18,25,27H,14-17H2,1-2H3/t25-/m0/s1. The largest absolute Gasteiger partial charge is 0.496 e. The van der Waals surface area contributed by atoms with Crippen LogP contribution in [0.3, 0.4) is 0 Å². The lowest BCUT2D eigenvalue weighted by Gasteiger charge is -2.27. The highest BCUT2D eigenvalue weighted by molar-refractivity contribution is 7.89. The molecule has 1 amide bonds. The summed E-state index contributed by atoms with van der Waals surface area (Å²) in [7, 11) is -2.52. The molecule has 0 aliphatic carbocycles. The SMILES string of the molecule is COc1ccc(S(=O)(=O)N[C@@H](c2ccccc2)c2ccc(C)cc2)cc1C(=O)N1CCOCC1. The molecule has 0 bridgehead atoms. The molecule has 0 radical (unpaired) electrons. The van der Waals surface area contributed by atoms with E-state index in [4.69, 9.17) is 9.47 Å². The van der Waals surface area contributed by atoms with Crippen LogP contribution in [0.2, 0.25) is 0 Å². The molecular formula is C26H28N2O5S. The van der Waals surface area contributed by atoms with Crippen molar-refractivity contribution in [3.8, 4) is 5.75 Å². The number of morpholine rings is 1. The number of hydrogen-bond acceptors (Lipinski definition) is 5. The molecule has 3 aromatic rings. The molecule has 0 spiro atoms. The molecule has 0 saturated carbocycles. The first-order chi connectivity index (χ1) is 16.4. The van der Waals surface area contributed by atoms with Gasteiger partial charge in [0.2, 0.25) is 10.0 Å². The smallest absolute Gasteiger partial charge is 0.257 e. The maximum atomic E-state index is 13.5. The Morgan fingerprint density at radius 3 is 2.26 bits per heavy atom. The fourth-order valence-electron chi connectivity index (χ4n) is 3.91. The Morgan fingerprint density at radius 1 is 0.971 bits per heavy atom. The molecule has 4 rings (SSSR count). The van der Waals surface area contributed by atoms with Crippen LogP contribution in [0.25, 0.3) is 0 Å². The van der Waals surface area contributed by atoms with E-state index in [-0.39, 0.29) is 16.4 Å². The topological polar surface area (TPSA) is 84.9 Å². The van der Waals surface area contributed by atoms with Crippen LogP contribution < -0.4 is 9.46 Å². The van der Waals surface area contributed by atoms with Gasteiger partial charge in [-0.1, -0.05) is 60.2 Å². The number of ether oxygens (including phenoxy) is 2. The summed E-state index contributed by atoms with van der Waals surface area (Å²) >= 11 is 0. The number of aryl methyl sites for hydroxylation is 1. The van der Waals surface area contributed by atoms with Crippen LogP contribution >= 0.6 is 0 Å². The van der Waals surface area contributed by atoms with Crippen LogP contribution in [-0.4, -0.2) is 52.6 Å². The molecule has 1 heterocycles. The molecule has 7 nitrogen and oxygen atoms in total. The highest BCUT2D eigenvalue weighted by Gasteiger charge is 2.27. The first-order valence-electron chi connectivity index (χ1n) is 11.1. The third kappa shape index (κ3) is 5.30. The van der Waals surface area contributed by atoms with Gasteiger partial charge in [-0.2, -0.15) is 4.72 Å². The summed E-state index contributed by atoms with van der Waals surface area (Å²) in [4.78, 5) is 14.8. The van der Waals surface area contributed by atoms with E-state index in [0.717, 1.165) is 16.7 Å². The second kappa shape index (κ2) is 10.4. The maximum absolute atomic E-state index is 13.5. The Kier molecular flexibility index (Phi) is 7.31. The first kappa shape index (κ1) is 23.9. The number of methoxy groups -OCH3 is 1. The normalized spacial score (nSPS) is 15.1. The molecule has 1 aliphatic rings. The number of amides is 1. The molecule has 8 heteroatoms. The van der Waals surface area contributed by atoms with E-state index in [9.17, 15) is 13.2 Å². The first-order valence-corrected chi connectivity index (χ1v) is 12.6. The molecule has 1 aliphatic heterocycles. The van der Waals surface area contributed by atoms with Gasteiger partial charge in [0.15, 0.2) is 0 Å². The van der Waals surface area contributed by atoms with Crippen LogP contribution in [0, 0.1) is 6.92 Å². The molecule has 0 unspecified atom stereocenters. The predicted octanol–water partition coefficient (Wildman–Crippen LogP) is 3.54. The van der Waals surface area contributed by atoms with Crippen LogP contribution in [0.15, 0.2) is 77.7 Å². The van der Waals surface area contributed by atoms with Crippen molar-refractivity contribution < 1.29 is 22.7 Å². The van der Waals surface area contributed by atoms with E-state index in [1.165, 1.54) is 25.3 Å². The average Bonchev–Trinajstić information content (AvgIpc) is 2.88. The number of nitrogens with zero attached hydrogens (tertiary/aromatic N) is 1. The van der Waals surface area contributed by atoms with Crippen LogP contribution in [0.4, 0.5) is 0 Å². The zero-order valence-corrected chi connectivity index (χ0v) is 20.0. The van der Waals surface area contributed by atoms with E-state index in [1.807, 2.05) is 61.5 Å². The van der Waals surface area contributed by atoms with Gasteiger partial charge < -0.3 is 14.4 Å². The minimum Gasteiger partial charge on any atom is -0.496 e. The van der Waals surface area contributed by atoms with Crippen molar-refractivity contribution in [2.45, 2.75) is 17.9 Å². The van der Waals surface area contributed by atoms with Crippen molar-refractivity contribution in [2.75, 3.05) is 33.4 Å². The van der Waals surface area contributed by atoms with Crippen molar-refractivity contribution in [1.29, 1.82) is 0 Å². The van der Waals surface area contributed by atoms with E-state index in [0.29, 0.717) is 32.1 Å². The molecule has 34 heavy (non-hydrogen) atoms. The van der Waals surface area contributed by atoms with Gasteiger partial charge in [-0.3, -0.25) is 4.79 Å². The summed E-state index contributed by atoms with van der Waals surface area (Å²) in [6.45, 7) is 3.77. The minimum absolute atomic E-state index is 0.00190. The fraction of sp³-hybridized carbons (Fsp3) is 0.269. The molecule has 1 fully saturated rings. The molecule has 178 valence electrons. The molecular weight excluding hydrogens is 452 g/mol. The summed E-state index contributed by atoms with van der Waals surface area (Å²) in [5, 5.41) is 0. The van der Waals surface area contributed by atoms with Crippen LogP contribution in [0.1, 0.15) is 33.1 Å². The Balaban J connectivity index is 1.69. The second-order valence-corrected chi connectivity index (χ2v) is 9.86. The number of rotatable bonds is 7. The van der Waals surface area contributed by atoms with Crippen molar-refractivity contribution in [2.24, 2.45) is 0 Å². The summed E-state index contributed by atoms with van der Waals surface area (Å²) in [5.41, 5.74) is 2.92. The summed E-state index contributed by atoms with van der Waals surface area (Å²) in [6, 6.07) is 20.9. The number of nitrogens with one attached hydrogen (secondary N) is 1. The monoisotopic (exact) mass is 480 g/mol. The molecule has 1 saturated heterocycles. The van der Waals surface area contributed by atoms with Gasteiger partial charge in [-0.15, -0.1) is 0 Å². The lowest BCUT2D eigenvalue weighted by atomic mass is 9.99. The van der Waals surface area contributed by atoms with E-state index in [2.05, 4.69) is 4.72 Å². The van der Waals surface area contributed by atoms with E-state index < -0.39 is 16.1 Å². The average molecular weight is 481 g/mol. The van der Waals surface area contributed by atoms with Gasteiger partial charge in [-0.25, -0.2) is 8.42 Å². The van der Waals surface area contributed by atoms with Crippen LogP contribution in [-0.2, 0) is 14.8 Å². The third-order valence-corrected chi connectivity index (χ3v) is 7.25. The van der Waals surface area contributed by atoms with Crippen molar-refractivity contribution in [1.82, 2.24) is 9.62 Å². The van der Waals surface area contributed by atoms with E-state index in [1.54, 1.807) is 4.90 Å². The number of carbonyl (C=O) groups excluding carboxylic acids is 1. The molecule has 0 aromatic heterocycles. The molecule has 3 aromatic carbocycles. The second-order valence-electron chi connectivity index (χ2n) is 8.14. The zero-order valence-electron chi connectivity index (χ0n) is 19.2. The zero-order chi connectivity index (χ0) is 24.1.